The molecule has 0 unspecified atom stereocenters. The van der Waals surface area contributed by atoms with Gasteiger partial charge in [0.15, 0.2) is 0 Å². The van der Waals surface area contributed by atoms with E-state index in [9.17, 15) is 14.4 Å². The fourth-order valence-corrected chi connectivity index (χ4v) is 4.01. The number of carbonyl (C=O) groups excluding carboxylic acids is 3. The largest absolute Gasteiger partial charge is 0.368 e. The van der Waals surface area contributed by atoms with Crippen molar-refractivity contribution in [1.29, 1.82) is 0 Å². The van der Waals surface area contributed by atoms with Crippen LogP contribution in [0.1, 0.15) is 31.2 Å². The van der Waals surface area contributed by atoms with Crippen molar-refractivity contribution < 1.29 is 19.1 Å². The quantitative estimate of drug-likeness (QED) is 0.827. The van der Waals surface area contributed by atoms with Crippen LogP contribution in [-0.2, 0) is 20.9 Å². The van der Waals surface area contributed by atoms with Crippen LogP contribution >= 0.6 is 0 Å². The Bertz CT molecular complexity index is 707. The summed E-state index contributed by atoms with van der Waals surface area (Å²) in [4.78, 5) is 40.8. The Morgan fingerprint density at radius 1 is 1.19 bits per heavy atom. The van der Waals surface area contributed by atoms with Crippen LogP contribution in [0.4, 0.5) is 4.79 Å². The molecule has 1 atom stereocenters. The maximum atomic E-state index is 12.9. The second-order valence-electron chi connectivity index (χ2n) is 7.22. The number of ether oxygens (including phenoxy) is 1. The summed E-state index contributed by atoms with van der Waals surface area (Å²) in [5.41, 5.74) is 0.0400. The lowest BCUT2D eigenvalue weighted by atomic mass is 9.87. The lowest BCUT2D eigenvalue weighted by molar-refractivity contribution is -0.145. The number of hydrogen-bond donors (Lipinski definition) is 1. The molecule has 0 radical (unpaired) electrons. The summed E-state index contributed by atoms with van der Waals surface area (Å²) in [6, 6.07) is 9.12. The Balaban J connectivity index is 1.41. The number of benzene rings is 1. The fraction of sp³-hybridized carbons (Fsp3) is 0.526. The standard InChI is InChI=1S/C19H23N3O4/c23-16(15-7-4-12-26-15)21-10-8-19(9-11-21)17(24)22(18(25)20-19)13-14-5-2-1-3-6-14/h1-3,5-6,15H,4,7-13H2,(H,20,25)/t15-/m0/s1. The first kappa shape index (κ1) is 17.0. The van der Waals surface area contributed by atoms with Crippen molar-refractivity contribution in [3.63, 3.8) is 0 Å². The van der Waals surface area contributed by atoms with Crippen molar-refractivity contribution in [3.8, 4) is 0 Å². The zero-order valence-corrected chi connectivity index (χ0v) is 14.6. The van der Waals surface area contributed by atoms with E-state index < -0.39 is 5.54 Å². The highest BCUT2D eigenvalue weighted by Gasteiger charge is 2.52. The lowest BCUT2D eigenvalue weighted by Gasteiger charge is -2.38. The molecule has 1 aromatic rings. The molecule has 3 fully saturated rings. The molecule has 4 rings (SSSR count). The van der Waals surface area contributed by atoms with Crippen LogP contribution < -0.4 is 5.32 Å². The second kappa shape index (κ2) is 6.72. The molecule has 26 heavy (non-hydrogen) atoms. The lowest BCUT2D eigenvalue weighted by Crippen LogP contribution is -2.57. The second-order valence-corrected chi connectivity index (χ2v) is 7.22. The first-order chi connectivity index (χ1) is 12.6. The first-order valence-electron chi connectivity index (χ1n) is 9.17. The van der Waals surface area contributed by atoms with Crippen LogP contribution in [0.15, 0.2) is 30.3 Å². The highest BCUT2D eigenvalue weighted by atomic mass is 16.5. The summed E-state index contributed by atoms with van der Waals surface area (Å²) in [7, 11) is 0. The third-order valence-corrected chi connectivity index (χ3v) is 5.56. The van der Waals surface area contributed by atoms with E-state index in [0.717, 1.165) is 18.4 Å². The number of amides is 4. The van der Waals surface area contributed by atoms with Crippen LogP contribution in [0, 0.1) is 0 Å². The van der Waals surface area contributed by atoms with E-state index in [2.05, 4.69) is 5.32 Å². The predicted octanol–water partition coefficient (Wildman–Crippen LogP) is 1.28. The predicted molar refractivity (Wildman–Crippen MR) is 93.0 cm³/mol. The Kier molecular flexibility index (Phi) is 4.40. The summed E-state index contributed by atoms with van der Waals surface area (Å²) in [6.07, 6.45) is 2.23. The van der Waals surface area contributed by atoms with Gasteiger partial charge in [0.05, 0.1) is 6.54 Å². The van der Waals surface area contributed by atoms with E-state index in [1.807, 2.05) is 30.3 Å². The van der Waals surface area contributed by atoms with Gasteiger partial charge in [-0.25, -0.2) is 4.79 Å². The average molecular weight is 357 g/mol. The molecule has 0 aliphatic carbocycles. The van der Waals surface area contributed by atoms with Gasteiger partial charge in [0.1, 0.15) is 11.6 Å². The van der Waals surface area contributed by atoms with Crippen molar-refractivity contribution in [3.05, 3.63) is 35.9 Å². The first-order valence-corrected chi connectivity index (χ1v) is 9.17. The Labute approximate surface area is 152 Å². The normalized spacial score (nSPS) is 25.0. The molecule has 3 saturated heterocycles. The van der Waals surface area contributed by atoms with Crippen LogP contribution in [0.2, 0.25) is 0 Å². The third-order valence-electron chi connectivity index (χ3n) is 5.56. The minimum atomic E-state index is -0.876. The Hall–Kier alpha value is -2.41. The van der Waals surface area contributed by atoms with Gasteiger partial charge in [0, 0.05) is 19.7 Å². The van der Waals surface area contributed by atoms with E-state index in [4.69, 9.17) is 4.74 Å². The smallest absolute Gasteiger partial charge is 0.325 e. The molecule has 4 amide bonds. The van der Waals surface area contributed by atoms with Crippen LogP contribution in [0.3, 0.4) is 0 Å². The zero-order valence-electron chi connectivity index (χ0n) is 14.6. The SMILES string of the molecule is O=C([C@@H]1CCCO1)N1CCC2(CC1)NC(=O)N(Cc1ccccc1)C2=O. The van der Waals surface area contributed by atoms with Gasteiger partial charge in [0.25, 0.3) is 11.8 Å². The number of piperidine rings is 1. The Morgan fingerprint density at radius 2 is 1.92 bits per heavy atom. The van der Waals surface area contributed by atoms with Gasteiger partial charge < -0.3 is 15.0 Å². The fourth-order valence-electron chi connectivity index (χ4n) is 4.01. The van der Waals surface area contributed by atoms with Gasteiger partial charge in [-0.15, -0.1) is 0 Å². The van der Waals surface area contributed by atoms with Gasteiger partial charge in [-0.2, -0.15) is 0 Å². The van der Waals surface area contributed by atoms with Gasteiger partial charge >= 0.3 is 6.03 Å². The van der Waals surface area contributed by atoms with Gasteiger partial charge in [-0.1, -0.05) is 30.3 Å². The molecule has 7 heteroatoms. The molecule has 1 aromatic carbocycles. The summed E-state index contributed by atoms with van der Waals surface area (Å²) >= 11 is 0. The molecule has 3 heterocycles. The molecule has 1 N–H and O–H groups in total. The maximum absolute atomic E-state index is 12.9. The molecular weight excluding hydrogens is 334 g/mol. The zero-order chi connectivity index (χ0) is 18.1. The molecular formula is C19H23N3O4. The number of imide groups is 1. The van der Waals surface area contributed by atoms with E-state index >= 15 is 0 Å². The number of rotatable bonds is 3. The van der Waals surface area contributed by atoms with Crippen LogP contribution in [-0.4, -0.2) is 59.0 Å². The topological polar surface area (TPSA) is 79.0 Å². The molecule has 3 aliphatic rings. The number of likely N-dealkylation sites (tertiary alicyclic amines) is 1. The summed E-state index contributed by atoms with van der Waals surface area (Å²) in [5, 5.41) is 2.89. The molecule has 0 aromatic heterocycles. The molecule has 138 valence electrons. The molecule has 1 spiro atoms. The molecule has 0 saturated carbocycles. The average Bonchev–Trinajstić information content (AvgIpc) is 3.27. The van der Waals surface area contributed by atoms with Crippen molar-refractivity contribution >= 4 is 17.8 Å². The number of carbonyl (C=O) groups is 3. The van der Waals surface area contributed by atoms with Crippen molar-refractivity contribution in [2.24, 2.45) is 0 Å². The molecule has 3 aliphatic heterocycles. The summed E-state index contributed by atoms with van der Waals surface area (Å²) in [6.45, 7) is 1.83. The van der Waals surface area contributed by atoms with Gasteiger partial charge in [-0.3, -0.25) is 14.5 Å². The van der Waals surface area contributed by atoms with Crippen molar-refractivity contribution in [2.45, 2.75) is 43.9 Å². The molecule has 0 bridgehead atoms. The van der Waals surface area contributed by atoms with Crippen molar-refractivity contribution in [2.75, 3.05) is 19.7 Å². The summed E-state index contributed by atoms with van der Waals surface area (Å²) < 4.78 is 5.47. The Morgan fingerprint density at radius 3 is 2.58 bits per heavy atom. The number of nitrogens with one attached hydrogen (secondary N) is 1. The maximum Gasteiger partial charge on any atom is 0.325 e. The summed E-state index contributed by atoms with van der Waals surface area (Å²) in [5.74, 6) is -0.175. The van der Waals surface area contributed by atoms with Crippen LogP contribution in [0.25, 0.3) is 0 Å². The van der Waals surface area contributed by atoms with Crippen molar-refractivity contribution in [1.82, 2.24) is 15.1 Å². The van der Waals surface area contributed by atoms with Gasteiger partial charge in [-0.05, 0) is 31.2 Å². The number of urea groups is 1. The van der Waals surface area contributed by atoms with Gasteiger partial charge in [0.2, 0.25) is 0 Å². The number of nitrogens with zero attached hydrogens (tertiary/aromatic N) is 2. The van der Waals surface area contributed by atoms with E-state index in [-0.39, 0.29) is 30.5 Å². The van der Waals surface area contributed by atoms with E-state index in [1.165, 1.54) is 4.90 Å². The van der Waals surface area contributed by atoms with E-state index in [0.29, 0.717) is 32.5 Å². The highest BCUT2D eigenvalue weighted by Crippen LogP contribution is 2.31. The minimum Gasteiger partial charge on any atom is -0.368 e. The third kappa shape index (κ3) is 2.96. The van der Waals surface area contributed by atoms with E-state index in [1.54, 1.807) is 4.90 Å². The highest BCUT2D eigenvalue weighted by molar-refractivity contribution is 6.07. The monoisotopic (exact) mass is 357 g/mol. The van der Waals surface area contributed by atoms with Crippen LogP contribution in [0.5, 0.6) is 0 Å². The minimum absolute atomic E-state index is 0.00950. The molecule has 7 nitrogen and oxygen atoms in total. The number of hydrogen-bond acceptors (Lipinski definition) is 4.